The van der Waals surface area contributed by atoms with Gasteiger partial charge in [0.15, 0.2) is 0 Å². The maximum Gasteiger partial charge on any atom is 0.251 e. The average Bonchev–Trinajstić information content (AvgIpc) is 3.20. The van der Waals surface area contributed by atoms with Crippen LogP contribution >= 0.6 is 0 Å². The summed E-state index contributed by atoms with van der Waals surface area (Å²) >= 11 is 0. The Balaban J connectivity index is 1.54. The third kappa shape index (κ3) is 4.39. The van der Waals surface area contributed by atoms with Crippen LogP contribution in [0.15, 0.2) is 36.5 Å². The number of ether oxygens (including phenoxy) is 2. The molecule has 0 unspecified atom stereocenters. The SMILES string of the molecule is COc1cccc(CO[C@H](C)C(=O)N2CCC[C@@H](c3ccn[nH]3)C2)c1. The highest BCUT2D eigenvalue weighted by Gasteiger charge is 2.28. The Kier molecular flexibility index (Phi) is 5.71. The molecule has 0 saturated carbocycles. The molecule has 2 heterocycles. The Morgan fingerprint density at radius 3 is 3.08 bits per heavy atom. The lowest BCUT2D eigenvalue weighted by molar-refractivity contribution is -0.144. The molecule has 1 aromatic carbocycles. The maximum atomic E-state index is 12.7. The van der Waals surface area contributed by atoms with Crippen molar-refractivity contribution in [2.24, 2.45) is 0 Å². The van der Waals surface area contributed by atoms with E-state index < -0.39 is 6.10 Å². The fourth-order valence-electron chi connectivity index (χ4n) is 3.24. The van der Waals surface area contributed by atoms with E-state index in [2.05, 4.69) is 10.2 Å². The fraction of sp³-hybridized carbons (Fsp3) is 0.474. The second kappa shape index (κ2) is 8.16. The fourth-order valence-corrected chi connectivity index (χ4v) is 3.24. The maximum absolute atomic E-state index is 12.7. The Labute approximate surface area is 148 Å². The molecule has 0 bridgehead atoms. The predicted molar refractivity (Wildman–Crippen MR) is 94.4 cm³/mol. The minimum Gasteiger partial charge on any atom is -0.497 e. The van der Waals surface area contributed by atoms with Crippen LogP contribution < -0.4 is 4.74 Å². The lowest BCUT2D eigenvalue weighted by Gasteiger charge is -2.33. The summed E-state index contributed by atoms with van der Waals surface area (Å²) in [5.74, 6) is 1.16. The van der Waals surface area contributed by atoms with Crippen molar-refractivity contribution >= 4 is 5.91 Å². The predicted octanol–water partition coefficient (Wildman–Crippen LogP) is 2.73. The van der Waals surface area contributed by atoms with Gasteiger partial charge in [-0.3, -0.25) is 9.89 Å². The van der Waals surface area contributed by atoms with Gasteiger partial charge in [-0.1, -0.05) is 12.1 Å². The van der Waals surface area contributed by atoms with Crippen LogP contribution in [-0.4, -0.2) is 47.3 Å². The Bertz CT molecular complexity index is 687. The zero-order valence-electron chi connectivity index (χ0n) is 14.8. The lowest BCUT2D eigenvalue weighted by Crippen LogP contribution is -2.44. The minimum absolute atomic E-state index is 0.0483. The van der Waals surface area contributed by atoms with E-state index >= 15 is 0 Å². The number of hydrogen-bond donors (Lipinski definition) is 1. The molecule has 2 aromatic rings. The number of nitrogens with one attached hydrogen (secondary N) is 1. The van der Waals surface area contributed by atoms with E-state index in [0.29, 0.717) is 19.1 Å². The zero-order chi connectivity index (χ0) is 17.6. The first-order valence-electron chi connectivity index (χ1n) is 8.70. The zero-order valence-corrected chi connectivity index (χ0v) is 14.8. The molecule has 1 N–H and O–H groups in total. The minimum atomic E-state index is -0.466. The molecule has 1 saturated heterocycles. The van der Waals surface area contributed by atoms with Gasteiger partial charge >= 0.3 is 0 Å². The summed E-state index contributed by atoms with van der Waals surface area (Å²) < 4.78 is 11.0. The quantitative estimate of drug-likeness (QED) is 0.876. The topological polar surface area (TPSA) is 67.5 Å². The van der Waals surface area contributed by atoms with Crippen LogP contribution in [0.5, 0.6) is 5.75 Å². The summed E-state index contributed by atoms with van der Waals surface area (Å²) in [4.78, 5) is 14.6. The number of likely N-dealkylation sites (tertiary alicyclic amines) is 1. The number of carbonyl (C=O) groups excluding carboxylic acids is 1. The van der Waals surface area contributed by atoms with Gasteiger partial charge in [-0.05, 0) is 43.5 Å². The largest absolute Gasteiger partial charge is 0.497 e. The van der Waals surface area contributed by atoms with Crippen molar-refractivity contribution in [3.8, 4) is 5.75 Å². The van der Waals surface area contributed by atoms with Crippen molar-refractivity contribution < 1.29 is 14.3 Å². The molecule has 1 fully saturated rings. The van der Waals surface area contributed by atoms with E-state index in [1.165, 1.54) is 0 Å². The van der Waals surface area contributed by atoms with Crippen LogP contribution in [0, 0.1) is 0 Å². The summed E-state index contributed by atoms with van der Waals surface area (Å²) in [6, 6.07) is 9.69. The standard InChI is InChI=1S/C19H25N3O3/c1-14(25-13-15-5-3-7-17(11-15)24-2)19(23)22-10-4-6-16(12-22)18-8-9-20-21-18/h3,5,7-9,11,14,16H,4,6,10,12-13H2,1-2H3,(H,20,21)/t14-,16-/m1/s1. The summed E-state index contributed by atoms with van der Waals surface area (Å²) in [6.07, 6.45) is 3.37. The molecule has 134 valence electrons. The van der Waals surface area contributed by atoms with Crippen LogP contribution in [0.2, 0.25) is 0 Å². The number of methoxy groups -OCH3 is 1. The van der Waals surface area contributed by atoms with Crippen molar-refractivity contribution in [2.45, 2.75) is 38.4 Å². The molecule has 6 heteroatoms. The molecule has 0 radical (unpaired) electrons. The molecule has 1 aliphatic rings. The number of H-pyrrole nitrogens is 1. The van der Waals surface area contributed by atoms with Crippen molar-refractivity contribution in [1.29, 1.82) is 0 Å². The molecule has 1 aliphatic heterocycles. The van der Waals surface area contributed by atoms with Gasteiger partial charge < -0.3 is 14.4 Å². The van der Waals surface area contributed by atoms with Gasteiger partial charge in [-0.2, -0.15) is 5.10 Å². The van der Waals surface area contributed by atoms with Gasteiger partial charge in [0.1, 0.15) is 11.9 Å². The average molecular weight is 343 g/mol. The monoisotopic (exact) mass is 343 g/mol. The number of carbonyl (C=O) groups is 1. The Morgan fingerprint density at radius 2 is 2.32 bits per heavy atom. The Hall–Kier alpha value is -2.34. The molecule has 6 nitrogen and oxygen atoms in total. The van der Waals surface area contributed by atoms with Crippen LogP contribution in [0.25, 0.3) is 0 Å². The molecule has 0 spiro atoms. The number of benzene rings is 1. The van der Waals surface area contributed by atoms with E-state index in [-0.39, 0.29) is 5.91 Å². The number of piperidine rings is 1. The summed E-state index contributed by atoms with van der Waals surface area (Å²) in [5, 5.41) is 7.04. The Morgan fingerprint density at radius 1 is 1.44 bits per heavy atom. The number of aromatic amines is 1. The van der Waals surface area contributed by atoms with Gasteiger partial charge in [0.05, 0.1) is 13.7 Å². The third-order valence-corrected chi connectivity index (χ3v) is 4.68. The molecule has 1 amide bonds. The molecular formula is C19H25N3O3. The van der Waals surface area contributed by atoms with Crippen molar-refractivity contribution in [3.63, 3.8) is 0 Å². The number of hydrogen-bond acceptors (Lipinski definition) is 4. The van der Waals surface area contributed by atoms with E-state index in [9.17, 15) is 4.79 Å². The van der Waals surface area contributed by atoms with Gasteiger partial charge in [-0.25, -0.2) is 0 Å². The molecule has 1 aromatic heterocycles. The van der Waals surface area contributed by atoms with Crippen LogP contribution in [-0.2, 0) is 16.1 Å². The van der Waals surface area contributed by atoms with E-state index in [1.54, 1.807) is 13.3 Å². The van der Waals surface area contributed by atoms with Crippen molar-refractivity contribution in [2.75, 3.05) is 20.2 Å². The van der Waals surface area contributed by atoms with Crippen LogP contribution in [0.1, 0.15) is 36.9 Å². The summed E-state index contributed by atoms with van der Waals surface area (Å²) in [5.41, 5.74) is 2.09. The van der Waals surface area contributed by atoms with Crippen LogP contribution in [0.3, 0.4) is 0 Å². The summed E-state index contributed by atoms with van der Waals surface area (Å²) in [6.45, 7) is 3.72. The smallest absolute Gasteiger partial charge is 0.251 e. The molecule has 25 heavy (non-hydrogen) atoms. The van der Waals surface area contributed by atoms with E-state index in [1.807, 2.05) is 42.2 Å². The second-order valence-corrected chi connectivity index (χ2v) is 6.44. The van der Waals surface area contributed by atoms with Gasteiger partial charge in [-0.15, -0.1) is 0 Å². The number of nitrogens with zero attached hydrogens (tertiary/aromatic N) is 2. The first kappa shape index (κ1) is 17.5. The molecule has 0 aliphatic carbocycles. The highest BCUT2D eigenvalue weighted by Crippen LogP contribution is 2.26. The number of aromatic nitrogens is 2. The van der Waals surface area contributed by atoms with Gasteiger partial charge in [0.25, 0.3) is 5.91 Å². The molecular weight excluding hydrogens is 318 g/mol. The van der Waals surface area contributed by atoms with Crippen LogP contribution in [0.4, 0.5) is 0 Å². The highest BCUT2D eigenvalue weighted by molar-refractivity contribution is 5.80. The van der Waals surface area contributed by atoms with Gasteiger partial charge in [0.2, 0.25) is 0 Å². The third-order valence-electron chi connectivity index (χ3n) is 4.68. The summed E-state index contributed by atoms with van der Waals surface area (Å²) in [7, 11) is 1.64. The number of amides is 1. The second-order valence-electron chi connectivity index (χ2n) is 6.44. The first-order chi connectivity index (χ1) is 12.2. The first-order valence-corrected chi connectivity index (χ1v) is 8.70. The molecule has 2 atom stereocenters. The lowest BCUT2D eigenvalue weighted by atomic mass is 9.94. The van der Waals surface area contributed by atoms with E-state index in [4.69, 9.17) is 9.47 Å². The van der Waals surface area contributed by atoms with Crippen molar-refractivity contribution in [1.82, 2.24) is 15.1 Å². The highest BCUT2D eigenvalue weighted by atomic mass is 16.5. The van der Waals surface area contributed by atoms with Gasteiger partial charge in [0, 0.05) is 30.9 Å². The van der Waals surface area contributed by atoms with E-state index in [0.717, 1.165) is 36.4 Å². The normalized spacial score (nSPS) is 18.8. The van der Waals surface area contributed by atoms with Crippen molar-refractivity contribution in [3.05, 3.63) is 47.8 Å². The molecule has 3 rings (SSSR count). The number of rotatable bonds is 6.